The van der Waals surface area contributed by atoms with Gasteiger partial charge in [0.05, 0.1) is 18.1 Å². The smallest absolute Gasteiger partial charge is 0.225 e. The zero-order valence-corrected chi connectivity index (χ0v) is 11.9. The summed E-state index contributed by atoms with van der Waals surface area (Å²) in [5, 5.41) is 10.8. The summed E-state index contributed by atoms with van der Waals surface area (Å²) in [7, 11) is 0. The number of fused-ring (bicyclic) bond motifs is 1. The van der Waals surface area contributed by atoms with Crippen molar-refractivity contribution in [3.05, 3.63) is 34.7 Å². The molecule has 7 heteroatoms. The number of hydrogen-bond donors (Lipinski definition) is 1. The zero-order chi connectivity index (χ0) is 13.2. The fraction of sp³-hybridized carbons (Fsp3) is 0.250. The molecule has 0 fully saturated rings. The van der Waals surface area contributed by atoms with E-state index >= 15 is 0 Å². The van der Waals surface area contributed by atoms with Gasteiger partial charge in [-0.3, -0.25) is 4.68 Å². The molecule has 0 aliphatic rings. The van der Waals surface area contributed by atoms with Gasteiger partial charge in [0.25, 0.3) is 0 Å². The van der Waals surface area contributed by atoms with Crippen LogP contribution in [0.5, 0.6) is 0 Å². The molecule has 0 saturated carbocycles. The zero-order valence-electron chi connectivity index (χ0n) is 10.3. The topological polar surface area (TPSA) is 55.6 Å². The average Bonchev–Trinajstić information content (AvgIpc) is 2.98. The lowest BCUT2D eigenvalue weighted by Crippen LogP contribution is -2.12. The van der Waals surface area contributed by atoms with E-state index in [1.54, 1.807) is 11.3 Å². The Morgan fingerprint density at radius 3 is 3.11 bits per heavy atom. The number of aromatic nitrogens is 4. The lowest BCUT2D eigenvalue weighted by atomic mass is 10.4. The van der Waals surface area contributed by atoms with Crippen LogP contribution in [0.3, 0.4) is 0 Å². The highest BCUT2D eigenvalue weighted by atomic mass is 35.5. The second-order valence-corrected chi connectivity index (χ2v) is 5.42. The van der Waals surface area contributed by atoms with Crippen molar-refractivity contribution in [1.82, 2.24) is 19.7 Å². The summed E-state index contributed by atoms with van der Waals surface area (Å²) >= 11 is 7.46. The summed E-state index contributed by atoms with van der Waals surface area (Å²) < 4.78 is 1.90. The molecule has 0 aliphatic carbocycles. The molecule has 3 heterocycles. The Hall–Kier alpha value is -1.66. The van der Waals surface area contributed by atoms with Crippen molar-refractivity contribution in [2.45, 2.75) is 13.5 Å². The number of hydrogen-bond acceptors (Lipinski definition) is 5. The van der Waals surface area contributed by atoms with Gasteiger partial charge in [0.15, 0.2) is 0 Å². The normalized spacial score (nSPS) is 11.1. The van der Waals surface area contributed by atoms with Crippen molar-refractivity contribution in [3.8, 4) is 0 Å². The van der Waals surface area contributed by atoms with Gasteiger partial charge in [-0.1, -0.05) is 0 Å². The third-order valence-electron chi connectivity index (χ3n) is 2.69. The van der Waals surface area contributed by atoms with E-state index in [2.05, 4.69) is 20.4 Å². The molecule has 0 saturated heterocycles. The first-order valence-electron chi connectivity index (χ1n) is 5.86. The van der Waals surface area contributed by atoms with Gasteiger partial charge in [0.2, 0.25) is 5.28 Å². The van der Waals surface area contributed by atoms with Crippen LogP contribution in [0.2, 0.25) is 5.28 Å². The number of nitrogens with zero attached hydrogens (tertiary/aromatic N) is 4. The Morgan fingerprint density at radius 1 is 1.42 bits per heavy atom. The van der Waals surface area contributed by atoms with Crippen LogP contribution in [0.25, 0.3) is 10.2 Å². The second kappa shape index (κ2) is 5.14. The van der Waals surface area contributed by atoms with Crippen molar-refractivity contribution < 1.29 is 0 Å². The summed E-state index contributed by atoms with van der Waals surface area (Å²) in [6.45, 7) is 3.54. The Morgan fingerprint density at radius 2 is 2.32 bits per heavy atom. The molecule has 3 aromatic rings. The minimum absolute atomic E-state index is 0.271. The highest BCUT2D eigenvalue weighted by Gasteiger charge is 2.07. The first kappa shape index (κ1) is 12.4. The van der Waals surface area contributed by atoms with Crippen LogP contribution >= 0.6 is 22.9 Å². The molecule has 3 rings (SSSR count). The maximum Gasteiger partial charge on any atom is 0.225 e. The highest BCUT2D eigenvalue weighted by molar-refractivity contribution is 7.16. The lowest BCUT2D eigenvalue weighted by Gasteiger charge is -2.07. The van der Waals surface area contributed by atoms with Gasteiger partial charge in [-0.05, 0) is 35.5 Å². The van der Waals surface area contributed by atoms with E-state index in [4.69, 9.17) is 11.6 Å². The van der Waals surface area contributed by atoms with Crippen molar-refractivity contribution in [2.75, 3.05) is 11.9 Å². The number of anilines is 1. The first-order chi connectivity index (χ1) is 9.22. The Kier molecular flexibility index (Phi) is 3.35. The Labute approximate surface area is 119 Å². The van der Waals surface area contributed by atoms with Crippen LogP contribution in [0.1, 0.15) is 5.56 Å². The van der Waals surface area contributed by atoms with E-state index < -0.39 is 0 Å². The average molecular weight is 294 g/mol. The maximum absolute atomic E-state index is 5.91. The summed E-state index contributed by atoms with van der Waals surface area (Å²) in [5.41, 5.74) is 1.16. The van der Waals surface area contributed by atoms with Crippen LogP contribution in [-0.4, -0.2) is 26.3 Å². The van der Waals surface area contributed by atoms with Crippen molar-refractivity contribution in [3.63, 3.8) is 0 Å². The molecule has 1 N–H and O–H groups in total. The first-order valence-corrected chi connectivity index (χ1v) is 7.12. The molecular weight excluding hydrogens is 282 g/mol. The minimum Gasteiger partial charge on any atom is -0.368 e. The molecule has 0 unspecified atom stereocenters. The predicted molar refractivity (Wildman–Crippen MR) is 77.9 cm³/mol. The third kappa shape index (κ3) is 2.69. The Bertz CT molecular complexity index is 705. The van der Waals surface area contributed by atoms with Gasteiger partial charge >= 0.3 is 0 Å². The number of rotatable bonds is 4. The Balaban J connectivity index is 1.73. The van der Waals surface area contributed by atoms with Crippen molar-refractivity contribution in [1.29, 1.82) is 0 Å². The van der Waals surface area contributed by atoms with Gasteiger partial charge in [0, 0.05) is 12.7 Å². The number of thiophene rings is 1. The fourth-order valence-corrected chi connectivity index (χ4v) is 2.83. The molecule has 0 bridgehead atoms. The van der Waals surface area contributed by atoms with Gasteiger partial charge in [-0.15, -0.1) is 11.3 Å². The van der Waals surface area contributed by atoms with E-state index in [9.17, 15) is 0 Å². The highest BCUT2D eigenvalue weighted by Crippen LogP contribution is 2.26. The second-order valence-electron chi connectivity index (χ2n) is 4.19. The molecule has 5 nitrogen and oxygen atoms in total. The van der Waals surface area contributed by atoms with E-state index in [0.29, 0.717) is 0 Å². The van der Waals surface area contributed by atoms with Gasteiger partial charge in [0.1, 0.15) is 10.6 Å². The van der Waals surface area contributed by atoms with Gasteiger partial charge in [-0.25, -0.2) is 9.97 Å². The summed E-state index contributed by atoms with van der Waals surface area (Å²) in [6.07, 6.45) is 3.85. The number of aryl methyl sites for hydroxylation is 1. The molecule has 0 spiro atoms. The minimum atomic E-state index is 0.271. The quantitative estimate of drug-likeness (QED) is 0.752. The van der Waals surface area contributed by atoms with Crippen LogP contribution < -0.4 is 5.32 Å². The van der Waals surface area contributed by atoms with Gasteiger partial charge < -0.3 is 5.32 Å². The molecule has 0 amide bonds. The van der Waals surface area contributed by atoms with Crippen molar-refractivity contribution >= 4 is 39.0 Å². The van der Waals surface area contributed by atoms with Crippen molar-refractivity contribution in [2.24, 2.45) is 0 Å². The maximum atomic E-state index is 5.91. The van der Waals surface area contributed by atoms with Crippen LogP contribution in [0, 0.1) is 6.92 Å². The van der Waals surface area contributed by atoms with Crippen LogP contribution in [0.4, 0.5) is 5.82 Å². The van der Waals surface area contributed by atoms with Crippen LogP contribution in [-0.2, 0) is 6.54 Å². The molecule has 0 radical (unpaired) electrons. The monoisotopic (exact) mass is 293 g/mol. The van der Waals surface area contributed by atoms with E-state index in [0.717, 1.165) is 34.7 Å². The molecule has 98 valence electrons. The van der Waals surface area contributed by atoms with Gasteiger partial charge in [-0.2, -0.15) is 5.10 Å². The molecule has 3 aromatic heterocycles. The summed E-state index contributed by atoms with van der Waals surface area (Å²) in [5.74, 6) is 0.778. The number of nitrogens with one attached hydrogen (secondary N) is 1. The predicted octanol–water partition coefficient (Wildman–Crippen LogP) is 2.96. The molecule has 0 aromatic carbocycles. The molecule has 0 aliphatic heterocycles. The van der Waals surface area contributed by atoms with E-state index in [-0.39, 0.29) is 5.28 Å². The molecular formula is C12H12ClN5S. The molecule has 19 heavy (non-hydrogen) atoms. The number of halogens is 1. The summed E-state index contributed by atoms with van der Waals surface area (Å²) in [6, 6.07) is 2.00. The fourth-order valence-electron chi connectivity index (χ4n) is 1.84. The third-order valence-corrected chi connectivity index (χ3v) is 3.67. The van der Waals surface area contributed by atoms with Crippen LogP contribution in [0.15, 0.2) is 23.8 Å². The summed E-state index contributed by atoms with van der Waals surface area (Å²) in [4.78, 5) is 9.31. The largest absolute Gasteiger partial charge is 0.368 e. The standard InChI is InChI=1S/C12H12ClN5S/c1-8-6-15-18(7-8)4-3-14-10-9-2-5-19-11(9)17-12(13)16-10/h2,5-7H,3-4H2,1H3,(H,14,16,17). The molecule has 0 atom stereocenters. The SMILES string of the molecule is Cc1cnn(CCNc2nc(Cl)nc3sccc23)c1. The van der Waals surface area contributed by atoms with E-state index in [1.165, 1.54) is 0 Å². The lowest BCUT2D eigenvalue weighted by molar-refractivity contribution is 0.637. The van der Waals surface area contributed by atoms with E-state index in [1.807, 2.05) is 35.4 Å².